The first kappa shape index (κ1) is 21.1. The molecule has 1 saturated heterocycles. The molecule has 1 atom stereocenters. The van der Waals surface area contributed by atoms with Gasteiger partial charge in [-0.25, -0.2) is 0 Å². The van der Waals surface area contributed by atoms with Gasteiger partial charge < -0.3 is 15.0 Å². The summed E-state index contributed by atoms with van der Waals surface area (Å²) in [5.74, 6) is 2.47. The van der Waals surface area contributed by atoms with Gasteiger partial charge in [0.25, 0.3) is 0 Å². The molecule has 4 nitrogen and oxygen atoms in total. The predicted octanol–water partition coefficient (Wildman–Crippen LogP) is 4.11. The first-order valence-electron chi connectivity index (χ1n) is 8.55. The number of methoxy groups -OCH3 is 1. The van der Waals surface area contributed by atoms with Crippen molar-refractivity contribution in [2.45, 2.75) is 39.5 Å². The minimum Gasteiger partial charge on any atom is -0.497 e. The summed E-state index contributed by atoms with van der Waals surface area (Å²) in [7, 11) is 3.58. The molecule has 1 aliphatic heterocycles. The van der Waals surface area contributed by atoms with E-state index in [-0.39, 0.29) is 24.0 Å². The predicted molar refractivity (Wildman–Crippen MR) is 113 cm³/mol. The Bertz CT molecular complexity index is 528. The number of halogens is 1. The van der Waals surface area contributed by atoms with E-state index in [2.05, 4.69) is 48.1 Å². The van der Waals surface area contributed by atoms with Gasteiger partial charge in [-0.15, -0.1) is 24.0 Å². The number of rotatable bonds is 5. The van der Waals surface area contributed by atoms with E-state index in [0.29, 0.717) is 11.3 Å². The quantitative estimate of drug-likeness (QED) is 0.421. The van der Waals surface area contributed by atoms with E-state index < -0.39 is 0 Å². The van der Waals surface area contributed by atoms with Crippen LogP contribution in [0, 0.1) is 5.41 Å². The molecule has 1 fully saturated rings. The minimum absolute atomic E-state index is 0. The van der Waals surface area contributed by atoms with Gasteiger partial charge in [0.1, 0.15) is 5.75 Å². The molecule has 1 aromatic carbocycles. The Kier molecular flexibility index (Phi) is 8.33. The molecule has 0 aliphatic carbocycles. The molecule has 5 heteroatoms. The molecular weight excluding hydrogens is 413 g/mol. The maximum absolute atomic E-state index is 5.22. The lowest BCUT2D eigenvalue weighted by atomic mass is 9.93. The lowest BCUT2D eigenvalue weighted by Crippen LogP contribution is -2.41. The summed E-state index contributed by atoms with van der Waals surface area (Å²) in [5, 5.41) is 3.52. The van der Waals surface area contributed by atoms with Crippen LogP contribution >= 0.6 is 24.0 Å². The van der Waals surface area contributed by atoms with Gasteiger partial charge in [-0.2, -0.15) is 0 Å². The number of guanidine groups is 1. The summed E-state index contributed by atoms with van der Waals surface area (Å²) in [5.41, 5.74) is 1.75. The van der Waals surface area contributed by atoms with Crippen LogP contribution in [0.5, 0.6) is 5.75 Å². The Hall–Kier alpha value is -0.980. The van der Waals surface area contributed by atoms with Crippen LogP contribution in [0.2, 0.25) is 0 Å². The van der Waals surface area contributed by atoms with Gasteiger partial charge in [0, 0.05) is 26.7 Å². The first-order chi connectivity index (χ1) is 10.9. The first-order valence-corrected chi connectivity index (χ1v) is 8.55. The zero-order valence-corrected chi connectivity index (χ0v) is 18.0. The van der Waals surface area contributed by atoms with Crippen LogP contribution in [-0.4, -0.2) is 44.7 Å². The molecule has 136 valence electrons. The second kappa shape index (κ2) is 9.49. The molecule has 2 rings (SSSR count). The van der Waals surface area contributed by atoms with E-state index in [1.54, 1.807) is 7.11 Å². The van der Waals surface area contributed by atoms with Crippen molar-refractivity contribution in [2.75, 3.05) is 33.8 Å². The summed E-state index contributed by atoms with van der Waals surface area (Å²) >= 11 is 0. The van der Waals surface area contributed by atoms with Crippen molar-refractivity contribution in [3.05, 3.63) is 29.8 Å². The minimum atomic E-state index is 0. The molecule has 24 heavy (non-hydrogen) atoms. The van der Waals surface area contributed by atoms with E-state index in [0.717, 1.165) is 37.8 Å². The van der Waals surface area contributed by atoms with Crippen molar-refractivity contribution >= 4 is 29.9 Å². The highest BCUT2D eigenvalue weighted by molar-refractivity contribution is 14.0. The van der Waals surface area contributed by atoms with Crippen LogP contribution in [0.4, 0.5) is 0 Å². The van der Waals surface area contributed by atoms with Gasteiger partial charge in [-0.05, 0) is 41.9 Å². The van der Waals surface area contributed by atoms with Crippen LogP contribution in [0.25, 0.3) is 0 Å². The fraction of sp³-hybridized carbons (Fsp3) is 0.632. The molecular formula is C19H32IN3O. The summed E-state index contributed by atoms with van der Waals surface area (Å²) in [6.07, 6.45) is 2.32. The van der Waals surface area contributed by atoms with Gasteiger partial charge in [0.2, 0.25) is 0 Å². The highest BCUT2D eigenvalue weighted by atomic mass is 127. The molecule has 1 heterocycles. The number of aliphatic imine (C=N–C) groups is 1. The third-order valence-corrected chi connectivity index (χ3v) is 4.73. The SMILES string of the molecule is CN=C(NCCC(C)c1ccc(OC)cc1)N1CCC(C)(C)C1.I. The average molecular weight is 445 g/mol. The Morgan fingerprint density at radius 3 is 2.50 bits per heavy atom. The molecule has 0 radical (unpaired) electrons. The number of hydrogen-bond donors (Lipinski definition) is 1. The Labute approximate surface area is 164 Å². The van der Waals surface area contributed by atoms with E-state index in [1.807, 2.05) is 19.2 Å². The Morgan fingerprint density at radius 2 is 2.00 bits per heavy atom. The maximum Gasteiger partial charge on any atom is 0.193 e. The summed E-state index contributed by atoms with van der Waals surface area (Å²) in [4.78, 5) is 6.82. The number of ether oxygens (including phenoxy) is 1. The molecule has 1 aliphatic rings. The fourth-order valence-corrected chi connectivity index (χ4v) is 3.13. The Morgan fingerprint density at radius 1 is 1.33 bits per heavy atom. The van der Waals surface area contributed by atoms with E-state index in [1.165, 1.54) is 12.0 Å². The summed E-state index contributed by atoms with van der Waals surface area (Å²) in [6.45, 7) is 10.0. The van der Waals surface area contributed by atoms with Crippen molar-refractivity contribution in [3.8, 4) is 5.75 Å². The summed E-state index contributed by atoms with van der Waals surface area (Å²) in [6, 6.07) is 8.37. The van der Waals surface area contributed by atoms with Crippen molar-refractivity contribution in [3.63, 3.8) is 0 Å². The van der Waals surface area contributed by atoms with Gasteiger partial charge in [0.05, 0.1) is 7.11 Å². The zero-order valence-electron chi connectivity index (χ0n) is 15.6. The van der Waals surface area contributed by atoms with Crippen LogP contribution in [-0.2, 0) is 0 Å². The normalized spacial score (nSPS) is 18.0. The van der Waals surface area contributed by atoms with E-state index in [9.17, 15) is 0 Å². The van der Waals surface area contributed by atoms with Crippen molar-refractivity contribution in [2.24, 2.45) is 10.4 Å². The molecule has 0 amide bonds. The number of benzene rings is 1. The standard InChI is InChI=1S/C19H31N3O.HI/c1-15(16-6-8-17(23-5)9-7-16)10-12-21-18(20-4)22-13-11-19(2,3)14-22;/h6-9,15H,10-14H2,1-5H3,(H,20,21);1H. The van der Waals surface area contributed by atoms with Gasteiger partial charge in [0.15, 0.2) is 5.96 Å². The lowest BCUT2D eigenvalue weighted by Gasteiger charge is -2.24. The third kappa shape index (κ3) is 5.83. The molecule has 0 saturated carbocycles. The van der Waals surface area contributed by atoms with Crippen molar-refractivity contribution in [1.82, 2.24) is 10.2 Å². The van der Waals surface area contributed by atoms with Crippen LogP contribution in [0.1, 0.15) is 45.1 Å². The zero-order chi connectivity index (χ0) is 16.9. The average Bonchev–Trinajstić information content (AvgIpc) is 2.91. The van der Waals surface area contributed by atoms with Crippen LogP contribution < -0.4 is 10.1 Å². The number of nitrogens with one attached hydrogen (secondary N) is 1. The van der Waals surface area contributed by atoms with Crippen LogP contribution in [0.3, 0.4) is 0 Å². The number of likely N-dealkylation sites (tertiary alicyclic amines) is 1. The highest BCUT2D eigenvalue weighted by Crippen LogP contribution is 2.28. The summed E-state index contributed by atoms with van der Waals surface area (Å²) < 4.78 is 5.22. The molecule has 1 aromatic rings. The lowest BCUT2D eigenvalue weighted by molar-refractivity contribution is 0.370. The second-order valence-corrected chi connectivity index (χ2v) is 7.27. The fourth-order valence-electron chi connectivity index (χ4n) is 3.13. The highest BCUT2D eigenvalue weighted by Gasteiger charge is 2.30. The maximum atomic E-state index is 5.22. The van der Waals surface area contributed by atoms with Gasteiger partial charge in [-0.3, -0.25) is 4.99 Å². The van der Waals surface area contributed by atoms with Crippen LogP contribution in [0.15, 0.2) is 29.3 Å². The molecule has 0 bridgehead atoms. The topological polar surface area (TPSA) is 36.9 Å². The molecule has 0 aromatic heterocycles. The smallest absolute Gasteiger partial charge is 0.193 e. The number of nitrogens with zero attached hydrogens (tertiary/aromatic N) is 2. The van der Waals surface area contributed by atoms with Gasteiger partial charge >= 0.3 is 0 Å². The molecule has 1 unspecified atom stereocenters. The largest absolute Gasteiger partial charge is 0.497 e. The van der Waals surface area contributed by atoms with E-state index in [4.69, 9.17) is 4.74 Å². The molecule has 0 spiro atoms. The van der Waals surface area contributed by atoms with E-state index >= 15 is 0 Å². The van der Waals surface area contributed by atoms with Crippen molar-refractivity contribution in [1.29, 1.82) is 0 Å². The monoisotopic (exact) mass is 445 g/mol. The Balaban J connectivity index is 0.00000288. The third-order valence-electron chi connectivity index (χ3n) is 4.73. The van der Waals surface area contributed by atoms with Crippen molar-refractivity contribution < 1.29 is 4.74 Å². The molecule has 1 N–H and O–H groups in total. The number of hydrogen-bond acceptors (Lipinski definition) is 2. The van der Waals surface area contributed by atoms with Gasteiger partial charge in [-0.1, -0.05) is 32.9 Å². The second-order valence-electron chi connectivity index (χ2n) is 7.27.